The largest absolute Gasteiger partial charge is 0.198 e. The molecular formula is C3H4NP. The van der Waals surface area contributed by atoms with Crippen molar-refractivity contribution in [1.82, 2.24) is 0 Å². The molecule has 0 saturated heterocycles. The molecule has 0 spiro atoms. The molecule has 0 rings (SSSR count). The summed E-state index contributed by atoms with van der Waals surface area (Å²) in [5, 5.41) is 7.82. The third-order valence-corrected chi connectivity index (χ3v) is 0.302. The second-order valence-corrected chi connectivity index (χ2v) is 1.58. The first-order valence-corrected chi connectivity index (χ1v) is 1.86. The van der Waals surface area contributed by atoms with E-state index >= 15 is 0 Å². The molecular weight excluding hydrogens is 81.0 g/mol. The monoisotopic (exact) mass is 85.0 g/mol. The van der Waals surface area contributed by atoms with Crippen molar-refractivity contribution in [2.24, 2.45) is 0 Å². The fourth-order valence-corrected chi connectivity index (χ4v) is 0. The summed E-state index contributed by atoms with van der Waals surface area (Å²) in [6, 6.07) is 1.89. The lowest BCUT2D eigenvalue weighted by Gasteiger charge is -1.73. The van der Waals surface area contributed by atoms with Crippen molar-refractivity contribution in [2.45, 2.75) is 12.6 Å². The second-order valence-electron chi connectivity index (χ2n) is 0.805. The second kappa shape index (κ2) is 2.18. The predicted molar refractivity (Wildman–Crippen MR) is 22.0 cm³/mol. The van der Waals surface area contributed by atoms with Gasteiger partial charge in [-0.3, -0.25) is 0 Å². The average molecular weight is 85.0 g/mol. The zero-order chi connectivity index (χ0) is 4.28. The molecule has 1 nitrogen and oxygen atoms in total. The average Bonchev–Trinajstić information content (AvgIpc) is 1.38. The molecule has 0 aliphatic carbocycles. The smallest absolute Gasteiger partial charge is 0.0720 e. The summed E-state index contributed by atoms with van der Waals surface area (Å²) < 4.78 is 0. The Morgan fingerprint density at radius 3 is 2.20 bits per heavy atom. The van der Waals surface area contributed by atoms with Crippen LogP contribution in [0.15, 0.2) is 0 Å². The molecule has 5 heavy (non-hydrogen) atoms. The van der Waals surface area contributed by atoms with Crippen LogP contribution in [0, 0.1) is 11.3 Å². The van der Waals surface area contributed by atoms with Gasteiger partial charge in [-0.05, 0) is 16.2 Å². The molecule has 0 aromatic heterocycles. The van der Waals surface area contributed by atoms with Gasteiger partial charge in [-0.25, -0.2) is 0 Å². The number of rotatable bonds is 0. The molecule has 0 saturated carbocycles. The van der Waals surface area contributed by atoms with Crippen LogP contribution in [-0.2, 0) is 0 Å². The standard InChI is InChI=1S/C3H4NP/c1-3(5)2-4/h3H,1H3. The van der Waals surface area contributed by atoms with E-state index < -0.39 is 0 Å². The third-order valence-electron chi connectivity index (χ3n) is 0.187. The molecule has 0 aromatic rings. The molecule has 0 aliphatic rings. The molecule has 26 valence electrons. The van der Waals surface area contributed by atoms with E-state index in [0.717, 1.165) is 0 Å². The van der Waals surface area contributed by atoms with Crippen molar-refractivity contribution in [3.63, 3.8) is 0 Å². The summed E-state index contributed by atoms with van der Waals surface area (Å²) in [7, 11) is 3.74. The number of hydrogen-bond donors (Lipinski definition) is 0. The van der Waals surface area contributed by atoms with Crippen LogP contribution < -0.4 is 0 Å². The lowest BCUT2D eigenvalue weighted by atomic mass is 10.5. The van der Waals surface area contributed by atoms with Crippen LogP contribution in [0.2, 0.25) is 0 Å². The highest BCUT2D eigenvalue weighted by Gasteiger charge is 1.80. The Kier molecular flexibility index (Phi) is 2.14. The molecule has 1 unspecified atom stereocenters. The molecule has 0 amide bonds. The van der Waals surface area contributed by atoms with Crippen molar-refractivity contribution in [1.29, 1.82) is 5.26 Å². The van der Waals surface area contributed by atoms with Gasteiger partial charge >= 0.3 is 0 Å². The Balaban J connectivity index is 2.94. The van der Waals surface area contributed by atoms with Gasteiger partial charge in [0.25, 0.3) is 0 Å². The molecule has 0 aliphatic heterocycles. The van der Waals surface area contributed by atoms with Crippen molar-refractivity contribution >= 4 is 9.24 Å². The highest BCUT2D eigenvalue weighted by molar-refractivity contribution is 7.18. The zero-order valence-corrected chi connectivity index (χ0v) is 3.87. The van der Waals surface area contributed by atoms with Gasteiger partial charge in [-0.2, -0.15) is 5.26 Å². The van der Waals surface area contributed by atoms with Crippen molar-refractivity contribution in [2.75, 3.05) is 0 Å². The molecule has 0 fully saturated rings. The van der Waals surface area contributed by atoms with E-state index in [9.17, 15) is 0 Å². The first kappa shape index (κ1) is 4.92. The van der Waals surface area contributed by atoms with Crippen LogP contribution in [0.1, 0.15) is 6.92 Å². The molecule has 0 heterocycles. The predicted octanol–water partition coefficient (Wildman–Crippen LogP) is 1.31. The van der Waals surface area contributed by atoms with Gasteiger partial charge in [0.05, 0.1) is 11.7 Å². The Hall–Kier alpha value is -0.0800. The van der Waals surface area contributed by atoms with Crippen molar-refractivity contribution in [3.8, 4) is 6.07 Å². The summed E-state index contributed by atoms with van der Waals surface area (Å²) in [6.07, 6.45) is 0. The lowest BCUT2D eigenvalue weighted by molar-refractivity contribution is 1.25. The maximum atomic E-state index is 7.82. The summed E-state index contributed by atoms with van der Waals surface area (Å²) >= 11 is 0. The molecule has 2 radical (unpaired) electrons. The van der Waals surface area contributed by atoms with Gasteiger partial charge in [0.2, 0.25) is 0 Å². The first-order chi connectivity index (χ1) is 2.27. The fraction of sp³-hybridized carbons (Fsp3) is 0.667. The minimum Gasteiger partial charge on any atom is -0.198 e. The van der Waals surface area contributed by atoms with Crippen LogP contribution in [0.25, 0.3) is 0 Å². The van der Waals surface area contributed by atoms with E-state index in [1.807, 2.05) is 6.07 Å². The van der Waals surface area contributed by atoms with Crippen LogP contribution in [-0.4, -0.2) is 5.66 Å². The quantitative estimate of drug-likeness (QED) is 0.407. The van der Waals surface area contributed by atoms with E-state index in [1.54, 1.807) is 6.92 Å². The number of hydrogen-bond acceptors (Lipinski definition) is 1. The van der Waals surface area contributed by atoms with Crippen molar-refractivity contribution in [3.05, 3.63) is 0 Å². The van der Waals surface area contributed by atoms with Crippen LogP contribution >= 0.6 is 9.24 Å². The van der Waals surface area contributed by atoms with E-state index in [1.165, 1.54) is 0 Å². The first-order valence-electron chi connectivity index (χ1n) is 1.35. The van der Waals surface area contributed by atoms with E-state index in [4.69, 9.17) is 5.26 Å². The SMILES string of the molecule is CC([P])C#N. The normalized spacial score (nSPS) is 13.0. The van der Waals surface area contributed by atoms with Crippen LogP contribution in [0.3, 0.4) is 0 Å². The fourth-order valence-electron chi connectivity index (χ4n) is 0. The van der Waals surface area contributed by atoms with E-state index in [2.05, 4.69) is 9.24 Å². The van der Waals surface area contributed by atoms with E-state index in [0.29, 0.717) is 0 Å². The number of nitriles is 1. The van der Waals surface area contributed by atoms with Crippen LogP contribution in [0.5, 0.6) is 0 Å². The van der Waals surface area contributed by atoms with Gasteiger partial charge in [-0.15, -0.1) is 0 Å². The Bertz CT molecular complexity index is 52.4. The summed E-state index contributed by atoms with van der Waals surface area (Å²) in [5.74, 6) is 0. The topological polar surface area (TPSA) is 23.8 Å². The Morgan fingerprint density at radius 2 is 2.20 bits per heavy atom. The minimum absolute atomic E-state index is 0.116. The Labute approximate surface area is 34.2 Å². The van der Waals surface area contributed by atoms with Gasteiger partial charge in [0, 0.05) is 0 Å². The maximum Gasteiger partial charge on any atom is 0.0720 e. The highest BCUT2D eigenvalue weighted by atomic mass is 31.0. The molecule has 0 bridgehead atoms. The Morgan fingerprint density at radius 1 is 2.00 bits per heavy atom. The molecule has 2 heteroatoms. The zero-order valence-electron chi connectivity index (χ0n) is 2.97. The summed E-state index contributed by atoms with van der Waals surface area (Å²) in [4.78, 5) is 0. The number of nitrogens with zero attached hydrogens (tertiary/aromatic N) is 1. The molecule has 1 atom stereocenters. The minimum atomic E-state index is -0.116. The third kappa shape index (κ3) is 3.92. The lowest BCUT2D eigenvalue weighted by Crippen LogP contribution is -1.75. The van der Waals surface area contributed by atoms with Gasteiger partial charge < -0.3 is 0 Å². The summed E-state index contributed by atoms with van der Waals surface area (Å²) in [5.41, 5.74) is -0.116. The van der Waals surface area contributed by atoms with Gasteiger partial charge in [-0.1, -0.05) is 0 Å². The van der Waals surface area contributed by atoms with Crippen molar-refractivity contribution < 1.29 is 0 Å². The maximum absolute atomic E-state index is 7.82. The molecule has 0 N–H and O–H groups in total. The van der Waals surface area contributed by atoms with E-state index in [-0.39, 0.29) is 5.66 Å². The van der Waals surface area contributed by atoms with Gasteiger partial charge in [0.1, 0.15) is 0 Å². The van der Waals surface area contributed by atoms with Crippen LogP contribution in [0.4, 0.5) is 0 Å². The molecule has 0 aromatic carbocycles. The summed E-state index contributed by atoms with van der Waals surface area (Å²) in [6.45, 7) is 1.73. The highest BCUT2D eigenvalue weighted by Crippen LogP contribution is 1.90. The van der Waals surface area contributed by atoms with Gasteiger partial charge in [0.15, 0.2) is 0 Å².